The van der Waals surface area contributed by atoms with Crippen LogP contribution in [-0.2, 0) is 6.54 Å². The molecule has 0 bridgehead atoms. The number of hydrogen-bond donors (Lipinski definition) is 3. The molecular formula is C14H20ClNO2. The topological polar surface area (TPSA) is 52.5 Å². The first-order valence-electron chi connectivity index (χ1n) is 6.50. The van der Waals surface area contributed by atoms with Crippen LogP contribution in [0.1, 0.15) is 37.7 Å². The van der Waals surface area contributed by atoms with Gasteiger partial charge in [0.15, 0.2) is 0 Å². The van der Waals surface area contributed by atoms with Crippen LogP contribution in [0.3, 0.4) is 0 Å². The molecule has 3 nitrogen and oxygen atoms in total. The highest BCUT2D eigenvalue weighted by Crippen LogP contribution is 2.28. The molecule has 100 valence electrons. The van der Waals surface area contributed by atoms with E-state index in [0.717, 1.165) is 25.7 Å². The second-order valence-corrected chi connectivity index (χ2v) is 5.53. The van der Waals surface area contributed by atoms with E-state index in [2.05, 4.69) is 5.32 Å². The molecule has 3 N–H and O–H groups in total. The Kier molecular flexibility index (Phi) is 4.49. The number of rotatable bonds is 4. The molecule has 0 saturated heterocycles. The van der Waals surface area contributed by atoms with E-state index in [0.29, 0.717) is 23.7 Å². The van der Waals surface area contributed by atoms with Crippen molar-refractivity contribution in [3.05, 3.63) is 28.8 Å². The summed E-state index contributed by atoms with van der Waals surface area (Å²) in [6.07, 6.45) is 5.11. The van der Waals surface area contributed by atoms with Crippen molar-refractivity contribution in [2.45, 2.75) is 44.2 Å². The summed E-state index contributed by atoms with van der Waals surface area (Å²) >= 11 is 6.02. The van der Waals surface area contributed by atoms with Gasteiger partial charge in [-0.25, -0.2) is 0 Å². The van der Waals surface area contributed by atoms with Crippen molar-refractivity contribution >= 4 is 11.6 Å². The first kappa shape index (κ1) is 13.7. The van der Waals surface area contributed by atoms with Gasteiger partial charge < -0.3 is 15.5 Å². The summed E-state index contributed by atoms with van der Waals surface area (Å²) in [5.41, 5.74) is 0.105. The third-order valence-electron chi connectivity index (χ3n) is 3.63. The number of nitrogens with one attached hydrogen (secondary N) is 1. The van der Waals surface area contributed by atoms with Crippen LogP contribution in [0.4, 0.5) is 0 Å². The lowest BCUT2D eigenvalue weighted by atomic mass is 9.85. The number of phenolic OH excluding ortho intramolecular Hbond substituents is 1. The van der Waals surface area contributed by atoms with Gasteiger partial charge in [-0.05, 0) is 25.0 Å². The van der Waals surface area contributed by atoms with Gasteiger partial charge in [-0.3, -0.25) is 0 Å². The maximum absolute atomic E-state index is 10.3. The van der Waals surface area contributed by atoms with Crippen LogP contribution in [0, 0.1) is 0 Å². The number of aliphatic hydroxyl groups is 1. The average Bonchev–Trinajstić information content (AvgIpc) is 2.34. The van der Waals surface area contributed by atoms with Crippen molar-refractivity contribution in [3.63, 3.8) is 0 Å². The van der Waals surface area contributed by atoms with Gasteiger partial charge in [0.05, 0.1) is 5.60 Å². The van der Waals surface area contributed by atoms with E-state index in [1.165, 1.54) is 6.42 Å². The molecule has 0 radical (unpaired) electrons. The van der Waals surface area contributed by atoms with E-state index in [1.807, 2.05) is 0 Å². The van der Waals surface area contributed by atoms with E-state index in [1.54, 1.807) is 18.2 Å². The van der Waals surface area contributed by atoms with Crippen molar-refractivity contribution < 1.29 is 10.2 Å². The molecule has 0 aliphatic heterocycles. The molecule has 1 aliphatic carbocycles. The normalized spacial score (nSPS) is 18.8. The Morgan fingerprint density at radius 2 is 1.94 bits per heavy atom. The number of aromatic hydroxyl groups is 1. The molecule has 0 atom stereocenters. The smallest absolute Gasteiger partial charge is 0.121 e. The van der Waals surface area contributed by atoms with Gasteiger partial charge in [-0.15, -0.1) is 0 Å². The van der Waals surface area contributed by atoms with Crippen molar-refractivity contribution in [2.24, 2.45) is 0 Å². The largest absolute Gasteiger partial charge is 0.508 e. The van der Waals surface area contributed by atoms with E-state index in [9.17, 15) is 10.2 Å². The second-order valence-electron chi connectivity index (χ2n) is 5.13. The van der Waals surface area contributed by atoms with Crippen LogP contribution in [0.2, 0.25) is 5.02 Å². The average molecular weight is 270 g/mol. The Hall–Kier alpha value is -0.770. The number of halogens is 1. The van der Waals surface area contributed by atoms with Crippen molar-refractivity contribution in [2.75, 3.05) is 6.54 Å². The van der Waals surface area contributed by atoms with Crippen LogP contribution in [0.25, 0.3) is 0 Å². The van der Waals surface area contributed by atoms with Crippen LogP contribution < -0.4 is 5.32 Å². The zero-order valence-electron chi connectivity index (χ0n) is 10.5. The Balaban J connectivity index is 1.88. The minimum absolute atomic E-state index is 0.200. The molecule has 1 fully saturated rings. The van der Waals surface area contributed by atoms with Crippen LogP contribution >= 0.6 is 11.6 Å². The quantitative estimate of drug-likeness (QED) is 0.788. The first-order valence-corrected chi connectivity index (χ1v) is 6.88. The van der Waals surface area contributed by atoms with E-state index < -0.39 is 5.60 Å². The summed E-state index contributed by atoms with van der Waals surface area (Å²) in [5, 5.41) is 23.8. The van der Waals surface area contributed by atoms with Gasteiger partial charge in [0.2, 0.25) is 0 Å². The van der Waals surface area contributed by atoms with Crippen LogP contribution in [0.15, 0.2) is 18.2 Å². The summed E-state index contributed by atoms with van der Waals surface area (Å²) in [5.74, 6) is 0.200. The number of hydrogen-bond acceptors (Lipinski definition) is 3. The minimum atomic E-state index is -0.588. The first-order chi connectivity index (χ1) is 8.61. The Bertz CT molecular complexity index is 383. The molecule has 0 aromatic heterocycles. The highest BCUT2D eigenvalue weighted by atomic mass is 35.5. The highest BCUT2D eigenvalue weighted by Gasteiger charge is 2.28. The zero-order valence-corrected chi connectivity index (χ0v) is 11.2. The number of benzene rings is 1. The SMILES string of the molecule is Oc1cccc(Cl)c1CNCC1(O)CCCCC1. The molecule has 0 heterocycles. The van der Waals surface area contributed by atoms with Gasteiger partial charge in [-0.2, -0.15) is 0 Å². The lowest BCUT2D eigenvalue weighted by Crippen LogP contribution is -2.41. The molecule has 1 aromatic carbocycles. The molecule has 1 aromatic rings. The lowest BCUT2D eigenvalue weighted by Gasteiger charge is -2.32. The van der Waals surface area contributed by atoms with Gasteiger partial charge in [0, 0.05) is 23.7 Å². The Morgan fingerprint density at radius 1 is 1.22 bits per heavy atom. The maximum Gasteiger partial charge on any atom is 0.121 e. The fourth-order valence-corrected chi connectivity index (χ4v) is 2.77. The third-order valence-corrected chi connectivity index (χ3v) is 3.99. The molecule has 1 aliphatic rings. The predicted octanol–water partition coefficient (Wildman–Crippen LogP) is 2.83. The predicted molar refractivity (Wildman–Crippen MR) is 72.9 cm³/mol. The fourth-order valence-electron chi connectivity index (χ4n) is 2.53. The van der Waals surface area contributed by atoms with Crippen molar-refractivity contribution in [3.8, 4) is 5.75 Å². The lowest BCUT2D eigenvalue weighted by molar-refractivity contribution is 0.00464. The Morgan fingerprint density at radius 3 is 2.61 bits per heavy atom. The van der Waals surface area contributed by atoms with Crippen molar-refractivity contribution in [1.29, 1.82) is 0 Å². The summed E-state index contributed by atoms with van der Waals surface area (Å²) in [7, 11) is 0. The molecule has 18 heavy (non-hydrogen) atoms. The fraction of sp³-hybridized carbons (Fsp3) is 0.571. The van der Waals surface area contributed by atoms with Crippen LogP contribution in [0.5, 0.6) is 5.75 Å². The van der Waals surface area contributed by atoms with Crippen LogP contribution in [-0.4, -0.2) is 22.4 Å². The second kappa shape index (κ2) is 5.91. The molecule has 0 unspecified atom stereocenters. The van der Waals surface area contributed by atoms with E-state index in [4.69, 9.17) is 11.6 Å². The number of phenols is 1. The monoisotopic (exact) mass is 269 g/mol. The minimum Gasteiger partial charge on any atom is -0.508 e. The summed E-state index contributed by atoms with van der Waals surface area (Å²) in [6.45, 7) is 1.03. The molecule has 0 spiro atoms. The molecule has 2 rings (SSSR count). The van der Waals surface area contributed by atoms with Gasteiger partial charge in [0.1, 0.15) is 5.75 Å². The summed E-state index contributed by atoms with van der Waals surface area (Å²) < 4.78 is 0. The zero-order chi connectivity index (χ0) is 13.0. The molecule has 4 heteroatoms. The Labute approximate surface area is 113 Å². The molecule has 1 saturated carbocycles. The summed E-state index contributed by atoms with van der Waals surface area (Å²) in [4.78, 5) is 0. The third kappa shape index (κ3) is 3.37. The van der Waals surface area contributed by atoms with Crippen molar-refractivity contribution in [1.82, 2.24) is 5.32 Å². The van der Waals surface area contributed by atoms with Gasteiger partial charge in [0.25, 0.3) is 0 Å². The summed E-state index contributed by atoms with van der Waals surface area (Å²) in [6, 6.07) is 5.10. The standard InChI is InChI=1S/C14H20ClNO2/c15-12-5-4-6-13(17)11(12)9-16-10-14(18)7-2-1-3-8-14/h4-6,16-18H,1-3,7-10H2. The van der Waals surface area contributed by atoms with Gasteiger partial charge in [-0.1, -0.05) is 36.9 Å². The molecular weight excluding hydrogens is 250 g/mol. The van der Waals surface area contributed by atoms with E-state index >= 15 is 0 Å². The maximum atomic E-state index is 10.3. The highest BCUT2D eigenvalue weighted by molar-refractivity contribution is 6.31. The van der Waals surface area contributed by atoms with Gasteiger partial charge >= 0.3 is 0 Å². The molecule has 0 amide bonds. The van der Waals surface area contributed by atoms with E-state index in [-0.39, 0.29) is 5.75 Å².